The van der Waals surface area contributed by atoms with Crippen molar-refractivity contribution in [3.05, 3.63) is 82.8 Å². The Morgan fingerprint density at radius 2 is 1.04 bits per heavy atom. The van der Waals surface area contributed by atoms with Gasteiger partial charge in [-0.25, -0.2) is 0 Å². The minimum absolute atomic E-state index is 0.0408. The highest BCUT2D eigenvalue weighted by molar-refractivity contribution is 6.45. The van der Waals surface area contributed by atoms with E-state index in [0.717, 1.165) is 0 Å². The summed E-state index contributed by atoms with van der Waals surface area (Å²) in [6.07, 6.45) is 0. The molecule has 2 amide bonds. The van der Waals surface area contributed by atoms with E-state index in [9.17, 15) is 19.2 Å². The van der Waals surface area contributed by atoms with Crippen LogP contribution in [0, 0.1) is 0 Å². The molecule has 0 aromatic heterocycles. The average Bonchev–Trinajstić information content (AvgIpc) is 3.13. The third kappa shape index (κ3) is 9.47. The van der Waals surface area contributed by atoms with Crippen molar-refractivity contribution in [2.24, 2.45) is 20.5 Å². The summed E-state index contributed by atoms with van der Waals surface area (Å²) in [5, 5.41) is 21.5. The monoisotopic (exact) mass is 748 g/mol. The third-order valence-electron chi connectivity index (χ3n) is 7.38. The van der Waals surface area contributed by atoms with Crippen molar-refractivity contribution in [1.82, 2.24) is 0 Å². The molecule has 0 heterocycles. The molecule has 0 spiro atoms. The molecule has 0 bridgehead atoms. The summed E-state index contributed by atoms with van der Waals surface area (Å²) in [6, 6.07) is 16.5. The van der Waals surface area contributed by atoms with Gasteiger partial charge >= 0.3 is 0 Å². The molecule has 0 radical (unpaired) electrons. The van der Waals surface area contributed by atoms with Crippen LogP contribution in [0.2, 0.25) is 10.0 Å². The molecule has 2 unspecified atom stereocenters. The fourth-order valence-electron chi connectivity index (χ4n) is 4.68. The number of nitrogens with one attached hydrogen (secondary N) is 2. The van der Waals surface area contributed by atoms with E-state index in [2.05, 4.69) is 31.1 Å². The molecule has 14 nitrogen and oxygen atoms in total. The summed E-state index contributed by atoms with van der Waals surface area (Å²) < 4.78 is 20.9. The second kappa shape index (κ2) is 17.9. The molecular weight excluding hydrogens is 715 g/mol. The Hall–Kier alpha value is -5.86. The summed E-state index contributed by atoms with van der Waals surface area (Å²) in [5.74, 6) is -0.722. The number of hydrogen-bond donors (Lipinski definition) is 2. The molecule has 4 aromatic rings. The topological polar surface area (TPSA) is 179 Å². The number of nitrogens with zero attached hydrogens (tertiary/aromatic N) is 4. The number of halogens is 2. The van der Waals surface area contributed by atoms with Crippen LogP contribution in [-0.2, 0) is 19.2 Å². The molecule has 0 saturated carbocycles. The van der Waals surface area contributed by atoms with E-state index in [1.807, 2.05) is 0 Å². The minimum Gasteiger partial charge on any atom is -0.493 e. The molecule has 0 aliphatic heterocycles. The Bertz CT molecular complexity index is 2040. The lowest BCUT2D eigenvalue weighted by Gasteiger charge is -2.13. The number of hydrogen-bond acceptors (Lipinski definition) is 12. The van der Waals surface area contributed by atoms with Gasteiger partial charge in [0.05, 0.1) is 44.2 Å². The standard InChI is InChI=1S/C36H34Cl2N6O8/c1-19(45)33(35(47)39-23-11-15-27(49-3)29(17-23)51-5)43-41-22-9-7-21(8-10-22)25-13-14-26(32(38)31(25)37)42-44-34(20(2)46)36(48)40-24-12-16-28(50-4)30(18-24)52-6/h7-18,33-34H,1-6H3,(H,39,47)(H,40,48). The molecule has 2 atom stereocenters. The summed E-state index contributed by atoms with van der Waals surface area (Å²) in [7, 11) is 5.90. The number of carbonyl (C=O) groups excluding carboxylic acids is 4. The Morgan fingerprint density at radius 3 is 1.48 bits per heavy atom. The first kappa shape index (κ1) is 38.9. The molecule has 4 aromatic carbocycles. The van der Waals surface area contributed by atoms with Gasteiger partial charge in [0.2, 0.25) is 12.1 Å². The third-order valence-corrected chi connectivity index (χ3v) is 8.25. The van der Waals surface area contributed by atoms with Crippen LogP contribution in [0.15, 0.2) is 93.3 Å². The number of benzene rings is 4. The van der Waals surface area contributed by atoms with Gasteiger partial charge in [-0.3, -0.25) is 19.2 Å². The van der Waals surface area contributed by atoms with Crippen molar-refractivity contribution in [3.8, 4) is 34.1 Å². The predicted octanol–water partition coefficient (Wildman–Crippen LogP) is 8.05. The van der Waals surface area contributed by atoms with Gasteiger partial charge in [-0.15, -0.1) is 0 Å². The first-order valence-electron chi connectivity index (χ1n) is 15.4. The number of amides is 2. The van der Waals surface area contributed by atoms with Gasteiger partial charge < -0.3 is 29.6 Å². The molecule has 0 aliphatic rings. The zero-order chi connectivity index (χ0) is 37.9. The average molecular weight is 750 g/mol. The molecule has 0 aliphatic carbocycles. The van der Waals surface area contributed by atoms with Crippen LogP contribution in [0.4, 0.5) is 22.7 Å². The van der Waals surface area contributed by atoms with E-state index in [4.69, 9.17) is 42.1 Å². The van der Waals surface area contributed by atoms with Crippen LogP contribution in [0.25, 0.3) is 11.1 Å². The zero-order valence-electron chi connectivity index (χ0n) is 28.9. The lowest BCUT2D eigenvalue weighted by molar-refractivity contribution is -0.127. The van der Waals surface area contributed by atoms with Crippen molar-refractivity contribution in [1.29, 1.82) is 0 Å². The smallest absolute Gasteiger partial charge is 0.258 e. The molecule has 52 heavy (non-hydrogen) atoms. The first-order valence-corrected chi connectivity index (χ1v) is 16.1. The lowest BCUT2D eigenvalue weighted by Crippen LogP contribution is -2.31. The number of anilines is 2. The summed E-state index contributed by atoms with van der Waals surface area (Å²) >= 11 is 13.1. The number of carbonyl (C=O) groups is 4. The van der Waals surface area contributed by atoms with Gasteiger partial charge in [0.25, 0.3) is 11.8 Å². The summed E-state index contributed by atoms with van der Waals surface area (Å²) in [4.78, 5) is 50.4. The van der Waals surface area contributed by atoms with Gasteiger partial charge in [0, 0.05) is 29.1 Å². The molecular formula is C36H34Cl2N6O8. The maximum Gasteiger partial charge on any atom is 0.258 e. The molecule has 4 rings (SSSR count). The van der Waals surface area contributed by atoms with Crippen LogP contribution in [0.3, 0.4) is 0 Å². The lowest BCUT2D eigenvalue weighted by atomic mass is 10.0. The fraction of sp³-hybridized carbons (Fsp3) is 0.222. The van der Waals surface area contributed by atoms with E-state index in [-0.39, 0.29) is 15.7 Å². The summed E-state index contributed by atoms with van der Waals surface area (Å²) in [6.45, 7) is 2.46. The summed E-state index contributed by atoms with van der Waals surface area (Å²) in [5.41, 5.74) is 2.43. The first-order chi connectivity index (χ1) is 24.9. The van der Waals surface area contributed by atoms with Crippen LogP contribution < -0.4 is 29.6 Å². The molecule has 0 saturated heterocycles. The van der Waals surface area contributed by atoms with Crippen LogP contribution >= 0.6 is 23.2 Å². The molecule has 270 valence electrons. The van der Waals surface area contributed by atoms with Crippen LogP contribution in [0.5, 0.6) is 23.0 Å². The number of Topliss-reactive ketones (excluding diaryl/α,β-unsaturated/α-hetero) is 2. The molecule has 0 fully saturated rings. The van der Waals surface area contributed by atoms with Gasteiger partial charge in [-0.1, -0.05) is 41.4 Å². The van der Waals surface area contributed by atoms with E-state index in [0.29, 0.717) is 51.2 Å². The van der Waals surface area contributed by atoms with E-state index in [1.165, 1.54) is 42.3 Å². The highest BCUT2D eigenvalue weighted by Crippen LogP contribution is 2.40. The van der Waals surface area contributed by atoms with Gasteiger partial charge in [0.1, 0.15) is 5.69 Å². The van der Waals surface area contributed by atoms with E-state index >= 15 is 0 Å². The Kier molecular flexibility index (Phi) is 13.4. The second-order valence-corrected chi connectivity index (χ2v) is 11.6. The number of azo groups is 2. The van der Waals surface area contributed by atoms with Crippen molar-refractivity contribution < 1.29 is 38.1 Å². The van der Waals surface area contributed by atoms with E-state index in [1.54, 1.807) is 72.8 Å². The van der Waals surface area contributed by atoms with Gasteiger partial charge in [-0.2, -0.15) is 20.5 Å². The number of rotatable bonds is 15. The highest BCUT2D eigenvalue weighted by atomic mass is 35.5. The largest absolute Gasteiger partial charge is 0.493 e. The van der Waals surface area contributed by atoms with Crippen LogP contribution in [0.1, 0.15) is 13.8 Å². The number of ether oxygens (including phenoxy) is 4. The number of ketones is 2. The van der Waals surface area contributed by atoms with Crippen molar-refractivity contribution in [3.63, 3.8) is 0 Å². The van der Waals surface area contributed by atoms with Crippen LogP contribution in [-0.4, -0.2) is 63.9 Å². The Morgan fingerprint density at radius 1 is 0.577 bits per heavy atom. The maximum atomic E-state index is 12.9. The second-order valence-electron chi connectivity index (χ2n) is 10.9. The SMILES string of the molecule is COc1ccc(NC(=O)C(N=Nc2ccc(-c3ccc(N=NC(C(C)=O)C(=O)Nc4ccc(OC)c(OC)c4)c(Cl)c3Cl)cc2)C(C)=O)cc1OC. The zero-order valence-corrected chi connectivity index (χ0v) is 30.4. The highest BCUT2D eigenvalue weighted by Gasteiger charge is 2.25. The van der Waals surface area contributed by atoms with E-state index < -0.39 is 35.5 Å². The Balaban J connectivity index is 1.46. The fourth-order valence-corrected chi connectivity index (χ4v) is 5.15. The van der Waals surface area contributed by atoms with Crippen molar-refractivity contribution in [2.45, 2.75) is 25.9 Å². The minimum atomic E-state index is -1.47. The molecule has 16 heteroatoms. The van der Waals surface area contributed by atoms with Gasteiger partial charge in [0.15, 0.2) is 34.6 Å². The normalized spacial score (nSPS) is 12.2. The van der Waals surface area contributed by atoms with Crippen molar-refractivity contribution >= 4 is 69.3 Å². The van der Waals surface area contributed by atoms with Crippen molar-refractivity contribution in [2.75, 3.05) is 39.1 Å². The Labute approximate surface area is 309 Å². The predicted molar refractivity (Wildman–Crippen MR) is 196 cm³/mol. The quantitative estimate of drug-likeness (QED) is 0.0905. The maximum absolute atomic E-state index is 12.9. The molecule has 2 N–H and O–H groups in total. The van der Waals surface area contributed by atoms with Gasteiger partial charge in [-0.05, 0) is 61.9 Å². The number of methoxy groups -OCH3 is 4.